The molecule has 1 aromatic carbocycles. The maximum absolute atomic E-state index is 13.1. The minimum atomic E-state index is -0.425. The summed E-state index contributed by atoms with van der Waals surface area (Å²) < 4.78 is 18.7. The maximum atomic E-state index is 13.1. The zero-order chi connectivity index (χ0) is 16.4. The van der Waals surface area contributed by atoms with Crippen LogP contribution in [0.5, 0.6) is 0 Å². The second kappa shape index (κ2) is 6.59. The number of carbonyl (C=O) groups excluding carboxylic acids is 1. The molecule has 122 valence electrons. The highest BCUT2D eigenvalue weighted by Crippen LogP contribution is 2.21. The zero-order valence-corrected chi connectivity index (χ0v) is 13.2. The normalized spacial score (nSPS) is 18.2. The van der Waals surface area contributed by atoms with E-state index >= 15 is 0 Å². The number of aromatic nitrogens is 4. The number of carbonyl (C=O) groups is 1. The minimum Gasteiger partial charge on any atom is -0.366 e. The maximum Gasteiger partial charge on any atom is 0.227 e. The molecule has 3 rings (SSSR count). The lowest BCUT2D eigenvalue weighted by molar-refractivity contribution is -0.138. The first-order valence-electron chi connectivity index (χ1n) is 7.10. The van der Waals surface area contributed by atoms with Gasteiger partial charge in [0, 0.05) is 11.6 Å². The van der Waals surface area contributed by atoms with Crippen molar-refractivity contribution in [2.45, 2.75) is 12.5 Å². The fourth-order valence-corrected chi connectivity index (χ4v) is 2.63. The van der Waals surface area contributed by atoms with Crippen molar-refractivity contribution < 1.29 is 13.9 Å². The third-order valence-corrected chi connectivity index (χ3v) is 3.94. The van der Waals surface area contributed by atoms with Crippen LogP contribution in [0.4, 0.5) is 4.39 Å². The zero-order valence-electron chi connectivity index (χ0n) is 12.4. The van der Waals surface area contributed by atoms with Gasteiger partial charge < -0.3 is 9.64 Å². The first kappa shape index (κ1) is 15.8. The average molecular weight is 340 g/mol. The Kier molecular flexibility index (Phi) is 4.53. The summed E-state index contributed by atoms with van der Waals surface area (Å²) in [6.07, 6.45) is -0.287. The van der Waals surface area contributed by atoms with E-state index in [1.54, 1.807) is 11.9 Å². The molecule has 0 spiro atoms. The molecular formula is C14H15ClFN5O2. The Labute approximate surface area is 137 Å². The van der Waals surface area contributed by atoms with E-state index in [1.165, 1.54) is 23.0 Å². The Bertz CT molecular complexity index is 723. The molecule has 0 aliphatic carbocycles. The van der Waals surface area contributed by atoms with Crippen LogP contribution in [0.25, 0.3) is 0 Å². The highest BCUT2D eigenvalue weighted by molar-refractivity contribution is 6.31. The van der Waals surface area contributed by atoms with Crippen LogP contribution in [0.1, 0.15) is 17.5 Å². The van der Waals surface area contributed by atoms with Crippen molar-refractivity contribution in [3.63, 3.8) is 0 Å². The lowest BCUT2D eigenvalue weighted by Crippen LogP contribution is -2.43. The third kappa shape index (κ3) is 3.65. The van der Waals surface area contributed by atoms with Gasteiger partial charge in [-0.2, -0.15) is 4.80 Å². The third-order valence-electron chi connectivity index (χ3n) is 3.59. The summed E-state index contributed by atoms with van der Waals surface area (Å²) in [5.74, 6) is -0.0770. The number of hydrogen-bond donors (Lipinski definition) is 0. The molecule has 0 N–H and O–H groups in total. The van der Waals surface area contributed by atoms with Gasteiger partial charge in [0.1, 0.15) is 11.9 Å². The number of rotatable bonds is 3. The van der Waals surface area contributed by atoms with Gasteiger partial charge >= 0.3 is 0 Å². The standard InChI is InChI=1S/C14H15ClFN5O2/c1-20-18-14(17-19-20)12-8-21(4-5-23-12)13(22)6-9-2-3-10(16)7-11(9)15/h2-3,7,12H,4-6,8H2,1H3. The Morgan fingerprint density at radius 1 is 1.52 bits per heavy atom. The Morgan fingerprint density at radius 3 is 3.04 bits per heavy atom. The van der Waals surface area contributed by atoms with Crippen molar-refractivity contribution in [3.05, 3.63) is 40.4 Å². The molecule has 1 fully saturated rings. The fraction of sp³-hybridized carbons (Fsp3) is 0.429. The Morgan fingerprint density at radius 2 is 2.35 bits per heavy atom. The number of hydrogen-bond acceptors (Lipinski definition) is 5. The van der Waals surface area contributed by atoms with Gasteiger partial charge in [-0.1, -0.05) is 17.7 Å². The van der Waals surface area contributed by atoms with E-state index in [-0.39, 0.29) is 17.4 Å². The second-order valence-electron chi connectivity index (χ2n) is 5.25. The number of tetrazole rings is 1. The van der Waals surface area contributed by atoms with Gasteiger partial charge in [-0.05, 0) is 22.9 Å². The molecule has 2 aromatic rings. The molecule has 1 aromatic heterocycles. The second-order valence-corrected chi connectivity index (χ2v) is 5.66. The summed E-state index contributed by atoms with van der Waals surface area (Å²) in [6, 6.07) is 4.02. The molecule has 1 atom stereocenters. The molecule has 7 nitrogen and oxygen atoms in total. The van der Waals surface area contributed by atoms with Gasteiger partial charge in [-0.15, -0.1) is 10.2 Å². The summed E-state index contributed by atoms with van der Waals surface area (Å²) >= 11 is 5.97. The first-order chi connectivity index (χ1) is 11.0. The highest BCUT2D eigenvalue weighted by Gasteiger charge is 2.28. The molecule has 1 unspecified atom stereocenters. The van der Waals surface area contributed by atoms with Crippen molar-refractivity contribution >= 4 is 17.5 Å². The van der Waals surface area contributed by atoms with Crippen LogP contribution in [0, 0.1) is 5.82 Å². The first-order valence-corrected chi connectivity index (χ1v) is 7.48. The molecule has 2 heterocycles. The van der Waals surface area contributed by atoms with Crippen molar-refractivity contribution in [1.29, 1.82) is 0 Å². The lowest BCUT2D eigenvalue weighted by atomic mass is 10.1. The van der Waals surface area contributed by atoms with Crippen LogP contribution in [0.2, 0.25) is 5.02 Å². The molecule has 23 heavy (non-hydrogen) atoms. The number of aryl methyl sites for hydroxylation is 1. The average Bonchev–Trinajstić information content (AvgIpc) is 2.97. The van der Waals surface area contributed by atoms with E-state index in [1.807, 2.05) is 0 Å². The predicted octanol–water partition coefficient (Wildman–Crippen LogP) is 1.15. The number of benzene rings is 1. The smallest absolute Gasteiger partial charge is 0.227 e. The summed E-state index contributed by atoms with van der Waals surface area (Å²) in [6.45, 7) is 1.23. The van der Waals surface area contributed by atoms with E-state index in [2.05, 4.69) is 15.4 Å². The molecular weight excluding hydrogens is 325 g/mol. The minimum absolute atomic E-state index is 0.101. The van der Waals surface area contributed by atoms with Crippen LogP contribution in [-0.4, -0.2) is 50.7 Å². The Balaban J connectivity index is 1.67. The van der Waals surface area contributed by atoms with Crippen LogP contribution >= 0.6 is 11.6 Å². The predicted molar refractivity (Wildman–Crippen MR) is 79.2 cm³/mol. The van der Waals surface area contributed by atoms with Gasteiger partial charge in [-0.3, -0.25) is 4.79 Å². The van der Waals surface area contributed by atoms with Gasteiger partial charge in [0.25, 0.3) is 0 Å². The van der Waals surface area contributed by atoms with Crippen molar-refractivity contribution in [1.82, 2.24) is 25.1 Å². The topological polar surface area (TPSA) is 73.1 Å². The van der Waals surface area contributed by atoms with E-state index < -0.39 is 11.9 Å². The molecule has 0 saturated carbocycles. The van der Waals surface area contributed by atoms with E-state index in [4.69, 9.17) is 16.3 Å². The lowest BCUT2D eigenvalue weighted by Gasteiger charge is -2.31. The molecule has 0 radical (unpaired) electrons. The molecule has 1 amide bonds. The quantitative estimate of drug-likeness (QED) is 0.838. The summed E-state index contributed by atoms with van der Waals surface area (Å²) in [4.78, 5) is 15.5. The van der Waals surface area contributed by atoms with Gasteiger partial charge in [0.05, 0.1) is 26.6 Å². The monoisotopic (exact) mass is 339 g/mol. The van der Waals surface area contributed by atoms with Crippen molar-refractivity contribution in [3.8, 4) is 0 Å². The Hall–Kier alpha value is -2.06. The number of morpholine rings is 1. The van der Waals surface area contributed by atoms with Crippen molar-refractivity contribution in [2.24, 2.45) is 7.05 Å². The number of amides is 1. The largest absolute Gasteiger partial charge is 0.366 e. The summed E-state index contributed by atoms with van der Waals surface area (Å²) in [7, 11) is 1.67. The number of nitrogens with zero attached hydrogens (tertiary/aromatic N) is 5. The molecule has 1 aliphatic heterocycles. The van der Waals surface area contributed by atoms with Crippen molar-refractivity contribution in [2.75, 3.05) is 19.7 Å². The molecule has 1 saturated heterocycles. The SMILES string of the molecule is Cn1nnc(C2CN(C(=O)Cc3ccc(F)cc3Cl)CCO2)n1. The van der Waals surface area contributed by atoms with Crippen LogP contribution in [-0.2, 0) is 23.0 Å². The van der Waals surface area contributed by atoms with Crippen LogP contribution in [0.15, 0.2) is 18.2 Å². The van der Waals surface area contributed by atoms with E-state index in [0.717, 1.165) is 0 Å². The fourth-order valence-electron chi connectivity index (χ4n) is 2.40. The van der Waals surface area contributed by atoms with E-state index in [9.17, 15) is 9.18 Å². The number of ether oxygens (including phenoxy) is 1. The highest BCUT2D eigenvalue weighted by atomic mass is 35.5. The molecule has 0 bridgehead atoms. The summed E-state index contributed by atoms with van der Waals surface area (Å²) in [5, 5.41) is 12.0. The van der Waals surface area contributed by atoms with Gasteiger partial charge in [0.2, 0.25) is 11.7 Å². The van der Waals surface area contributed by atoms with Crippen LogP contribution < -0.4 is 0 Å². The molecule has 9 heteroatoms. The van der Waals surface area contributed by atoms with Gasteiger partial charge in [0.15, 0.2) is 0 Å². The van der Waals surface area contributed by atoms with Gasteiger partial charge in [-0.25, -0.2) is 4.39 Å². The summed E-state index contributed by atoms with van der Waals surface area (Å²) in [5.41, 5.74) is 0.596. The van der Waals surface area contributed by atoms with Crippen LogP contribution in [0.3, 0.4) is 0 Å². The number of halogens is 2. The van der Waals surface area contributed by atoms with E-state index in [0.29, 0.717) is 31.1 Å². The molecule has 1 aliphatic rings.